The van der Waals surface area contributed by atoms with Gasteiger partial charge in [-0.15, -0.1) is 0 Å². The van der Waals surface area contributed by atoms with Crippen LogP contribution in [0.25, 0.3) is 10.9 Å². The smallest absolute Gasteiger partial charge is 0.268 e. The number of aliphatic hydroxyl groups is 1. The van der Waals surface area contributed by atoms with Gasteiger partial charge in [0.2, 0.25) is 0 Å². The van der Waals surface area contributed by atoms with Gasteiger partial charge in [0.1, 0.15) is 6.10 Å². The van der Waals surface area contributed by atoms with Crippen LogP contribution in [0.3, 0.4) is 0 Å². The number of aromatic nitrogens is 1. The second-order valence-electron chi connectivity index (χ2n) is 8.67. The number of nitriles is 1. The van der Waals surface area contributed by atoms with E-state index in [1.807, 2.05) is 6.07 Å². The molecule has 0 radical (unpaired) electrons. The molecule has 0 spiro atoms. The van der Waals surface area contributed by atoms with Crippen LogP contribution < -0.4 is 0 Å². The standard InChI is InChI=1S/C27H21Cl2N3O5S/c28-21-8-7-20(27(34)31-10-12-37-13-11-31)25(29)24(21)26(33)23-15-18-14-17(16-30)6-9-22(18)32(23)38(35,36)19-4-2-1-3-5-19/h1-9,14-15,26,33H,10-13H2. The summed E-state index contributed by atoms with van der Waals surface area (Å²) in [6, 6.07) is 18.8. The summed E-state index contributed by atoms with van der Waals surface area (Å²) in [5.74, 6) is -0.348. The zero-order valence-electron chi connectivity index (χ0n) is 19.8. The summed E-state index contributed by atoms with van der Waals surface area (Å²) in [7, 11) is -4.20. The molecule has 5 rings (SSSR count). The maximum absolute atomic E-state index is 13.8. The third kappa shape index (κ3) is 4.55. The zero-order valence-corrected chi connectivity index (χ0v) is 22.2. The lowest BCUT2D eigenvalue weighted by atomic mass is 10.0. The van der Waals surface area contributed by atoms with Crippen LogP contribution in [0.1, 0.15) is 33.3 Å². The van der Waals surface area contributed by atoms with Crippen molar-refractivity contribution in [2.45, 2.75) is 11.0 Å². The van der Waals surface area contributed by atoms with Crippen molar-refractivity contribution in [1.29, 1.82) is 5.26 Å². The molecule has 11 heteroatoms. The molecule has 8 nitrogen and oxygen atoms in total. The SMILES string of the molecule is N#Cc1ccc2c(c1)cc(C(O)c1c(Cl)ccc(C(=O)N3CCOCC3)c1Cl)n2S(=O)(=O)c1ccccc1. The zero-order chi connectivity index (χ0) is 27.0. The average Bonchev–Trinajstić information content (AvgIpc) is 3.33. The number of amides is 1. The Balaban J connectivity index is 1.70. The summed E-state index contributed by atoms with van der Waals surface area (Å²) in [6.07, 6.45) is -1.62. The first kappa shape index (κ1) is 26.2. The molecule has 1 unspecified atom stereocenters. The van der Waals surface area contributed by atoms with Crippen molar-refractivity contribution in [3.8, 4) is 6.07 Å². The number of carbonyl (C=O) groups excluding carboxylic acids is 1. The molecule has 0 saturated carbocycles. The third-order valence-electron chi connectivity index (χ3n) is 6.40. The number of nitrogens with zero attached hydrogens (tertiary/aromatic N) is 3. The number of fused-ring (bicyclic) bond motifs is 1. The van der Waals surface area contributed by atoms with Crippen LogP contribution in [-0.2, 0) is 14.8 Å². The Kier molecular flexibility index (Phi) is 7.18. The number of aliphatic hydroxyl groups excluding tert-OH is 1. The van der Waals surface area contributed by atoms with E-state index in [0.717, 1.165) is 3.97 Å². The minimum absolute atomic E-state index is 0.000247. The van der Waals surface area contributed by atoms with Crippen LogP contribution in [0.15, 0.2) is 71.6 Å². The molecule has 2 heterocycles. The van der Waals surface area contributed by atoms with Gasteiger partial charge in [-0.05, 0) is 48.5 Å². The second kappa shape index (κ2) is 10.4. The van der Waals surface area contributed by atoms with Crippen molar-refractivity contribution in [2.75, 3.05) is 26.3 Å². The van der Waals surface area contributed by atoms with Gasteiger partial charge in [-0.2, -0.15) is 5.26 Å². The summed E-state index contributed by atoms with van der Waals surface area (Å²) >= 11 is 13.2. The number of rotatable bonds is 5. The fourth-order valence-electron chi connectivity index (χ4n) is 4.51. The molecule has 0 aliphatic carbocycles. The summed E-state index contributed by atoms with van der Waals surface area (Å²) < 4.78 is 34.0. The molecular formula is C27H21Cl2N3O5S. The largest absolute Gasteiger partial charge is 0.382 e. The fraction of sp³-hybridized carbons (Fsp3) is 0.185. The van der Waals surface area contributed by atoms with Crippen molar-refractivity contribution >= 4 is 50.0 Å². The van der Waals surface area contributed by atoms with E-state index in [4.69, 9.17) is 27.9 Å². The van der Waals surface area contributed by atoms with Gasteiger partial charge in [-0.25, -0.2) is 12.4 Å². The van der Waals surface area contributed by atoms with Crippen molar-refractivity contribution in [3.05, 3.63) is 99.2 Å². The number of hydrogen-bond acceptors (Lipinski definition) is 6. The predicted molar refractivity (Wildman–Crippen MR) is 143 cm³/mol. The van der Waals surface area contributed by atoms with Crippen molar-refractivity contribution in [1.82, 2.24) is 8.87 Å². The quantitative estimate of drug-likeness (QED) is 0.375. The molecule has 1 aliphatic heterocycles. The van der Waals surface area contributed by atoms with E-state index >= 15 is 0 Å². The van der Waals surface area contributed by atoms with E-state index in [0.29, 0.717) is 37.3 Å². The van der Waals surface area contributed by atoms with Crippen LogP contribution in [0, 0.1) is 11.3 Å². The Bertz CT molecular complexity index is 1690. The first-order valence-corrected chi connectivity index (χ1v) is 13.8. The van der Waals surface area contributed by atoms with E-state index in [1.165, 1.54) is 48.5 Å². The topological polar surface area (TPSA) is 113 Å². The van der Waals surface area contributed by atoms with Gasteiger partial charge in [0.05, 0.1) is 51.5 Å². The maximum Gasteiger partial charge on any atom is 0.268 e. The number of morpholine rings is 1. The lowest BCUT2D eigenvalue weighted by Gasteiger charge is -2.28. The Morgan fingerprint density at radius 3 is 2.42 bits per heavy atom. The molecule has 1 aliphatic rings. The van der Waals surface area contributed by atoms with E-state index in [-0.39, 0.29) is 43.2 Å². The summed E-state index contributed by atoms with van der Waals surface area (Å²) in [4.78, 5) is 14.8. The molecule has 38 heavy (non-hydrogen) atoms. The first-order valence-electron chi connectivity index (χ1n) is 11.6. The minimum atomic E-state index is -4.20. The van der Waals surface area contributed by atoms with Crippen molar-refractivity contribution in [2.24, 2.45) is 0 Å². The third-order valence-corrected chi connectivity index (χ3v) is 8.90. The fourth-order valence-corrected chi connectivity index (χ4v) is 6.73. The Labute approximate surface area is 229 Å². The number of ether oxygens (including phenoxy) is 1. The molecule has 1 saturated heterocycles. The number of halogens is 2. The molecule has 4 aromatic rings. The van der Waals surface area contributed by atoms with E-state index in [9.17, 15) is 23.6 Å². The van der Waals surface area contributed by atoms with Crippen LogP contribution in [0.5, 0.6) is 0 Å². The second-order valence-corrected chi connectivity index (χ2v) is 11.2. The van der Waals surface area contributed by atoms with E-state index in [2.05, 4.69) is 0 Å². The lowest BCUT2D eigenvalue weighted by molar-refractivity contribution is 0.0303. The molecule has 194 valence electrons. The highest BCUT2D eigenvalue weighted by molar-refractivity contribution is 7.90. The Hall–Kier alpha value is -3.39. The maximum atomic E-state index is 13.8. The highest BCUT2D eigenvalue weighted by Crippen LogP contribution is 2.40. The molecule has 0 bridgehead atoms. The van der Waals surface area contributed by atoms with Gasteiger partial charge in [-0.1, -0.05) is 41.4 Å². The van der Waals surface area contributed by atoms with Gasteiger partial charge in [0.25, 0.3) is 15.9 Å². The summed E-state index contributed by atoms with van der Waals surface area (Å²) in [5.41, 5.74) is 0.669. The number of hydrogen-bond donors (Lipinski definition) is 1. The number of benzene rings is 3. The van der Waals surface area contributed by atoms with Gasteiger partial charge < -0.3 is 14.7 Å². The highest BCUT2D eigenvalue weighted by atomic mass is 35.5. The molecule has 3 aromatic carbocycles. The molecule has 1 fully saturated rings. The monoisotopic (exact) mass is 569 g/mol. The van der Waals surface area contributed by atoms with E-state index < -0.39 is 16.1 Å². The molecule has 1 N–H and O–H groups in total. The van der Waals surface area contributed by atoms with Crippen molar-refractivity contribution < 1.29 is 23.1 Å². The predicted octanol–water partition coefficient (Wildman–Crippen LogP) is 4.61. The molecule has 1 atom stereocenters. The Morgan fingerprint density at radius 1 is 1.03 bits per heavy atom. The molecular weight excluding hydrogens is 549 g/mol. The minimum Gasteiger partial charge on any atom is -0.382 e. The van der Waals surface area contributed by atoms with Crippen LogP contribution in [-0.4, -0.2) is 54.6 Å². The van der Waals surface area contributed by atoms with Gasteiger partial charge >= 0.3 is 0 Å². The Morgan fingerprint density at radius 2 is 1.74 bits per heavy atom. The van der Waals surface area contributed by atoms with Crippen LogP contribution in [0.2, 0.25) is 10.0 Å². The van der Waals surface area contributed by atoms with Crippen molar-refractivity contribution in [3.63, 3.8) is 0 Å². The van der Waals surface area contributed by atoms with Crippen LogP contribution >= 0.6 is 23.2 Å². The van der Waals surface area contributed by atoms with Gasteiger partial charge in [0.15, 0.2) is 0 Å². The lowest BCUT2D eigenvalue weighted by Crippen LogP contribution is -2.40. The highest BCUT2D eigenvalue weighted by Gasteiger charge is 2.31. The van der Waals surface area contributed by atoms with E-state index in [1.54, 1.807) is 23.1 Å². The molecule has 1 aromatic heterocycles. The first-order chi connectivity index (χ1) is 18.2. The van der Waals surface area contributed by atoms with Crippen LogP contribution in [0.4, 0.5) is 0 Å². The summed E-state index contributed by atoms with van der Waals surface area (Å²) in [5, 5.41) is 21.4. The van der Waals surface area contributed by atoms with Gasteiger partial charge in [-0.3, -0.25) is 4.79 Å². The number of carbonyl (C=O) groups is 1. The average molecular weight is 570 g/mol. The normalized spacial score (nSPS) is 14.8. The molecule has 1 amide bonds. The summed E-state index contributed by atoms with van der Waals surface area (Å²) in [6.45, 7) is 1.57. The van der Waals surface area contributed by atoms with Gasteiger partial charge in [0, 0.05) is 29.1 Å².